The van der Waals surface area contributed by atoms with Crippen LogP contribution in [0.2, 0.25) is 0 Å². The lowest BCUT2D eigenvalue weighted by molar-refractivity contribution is 0.0691. The Kier molecular flexibility index (Phi) is 4.74. The van der Waals surface area contributed by atoms with Gasteiger partial charge in [0.05, 0.1) is 10.7 Å². The van der Waals surface area contributed by atoms with Gasteiger partial charge in [0.15, 0.2) is 0 Å². The van der Waals surface area contributed by atoms with Crippen molar-refractivity contribution in [3.05, 3.63) is 45.4 Å². The van der Waals surface area contributed by atoms with Gasteiger partial charge in [0, 0.05) is 5.38 Å². The molecule has 0 atom stereocenters. The third-order valence-corrected chi connectivity index (χ3v) is 3.76. The second kappa shape index (κ2) is 6.52. The lowest BCUT2D eigenvalue weighted by Gasteiger charge is -2.08. The van der Waals surface area contributed by atoms with Crippen LogP contribution >= 0.6 is 11.3 Å². The van der Waals surface area contributed by atoms with Crippen LogP contribution in [0.4, 0.5) is 0 Å². The summed E-state index contributed by atoms with van der Waals surface area (Å²) in [6.45, 7) is 4.26. The van der Waals surface area contributed by atoms with Gasteiger partial charge in [-0.3, -0.25) is 0 Å². The second-order valence-corrected chi connectivity index (χ2v) is 5.52. The average molecular weight is 291 g/mol. The van der Waals surface area contributed by atoms with Crippen molar-refractivity contribution in [3.8, 4) is 5.75 Å². The first-order chi connectivity index (χ1) is 9.60. The highest BCUT2D eigenvalue weighted by Gasteiger charge is 2.12. The zero-order valence-corrected chi connectivity index (χ0v) is 12.4. The summed E-state index contributed by atoms with van der Waals surface area (Å²) < 4.78 is 5.59. The molecule has 20 heavy (non-hydrogen) atoms. The standard InChI is InChI=1S/C15H17NO3S/c1-3-4-14-16-11(9-20-14)8-19-13-6-5-10(2)7-12(13)15(17)18/h5-7,9H,3-4,8H2,1-2H3,(H,17,18). The van der Waals surface area contributed by atoms with Gasteiger partial charge in [-0.2, -0.15) is 0 Å². The third kappa shape index (κ3) is 3.57. The number of carboxylic acids is 1. The smallest absolute Gasteiger partial charge is 0.339 e. The van der Waals surface area contributed by atoms with Gasteiger partial charge in [0.2, 0.25) is 0 Å². The number of aromatic nitrogens is 1. The summed E-state index contributed by atoms with van der Waals surface area (Å²) in [6, 6.07) is 5.14. The van der Waals surface area contributed by atoms with Crippen molar-refractivity contribution < 1.29 is 14.6 Å². The molecule has 0 spiro atoms. The fourth-order valence-corrected chi connectivity index (χ4v) is 2.72. The molecule has 0 saturated heterocycles. The molecule has 0 aliphatic carbocycles. The molecule has 1 aromatic heterocycles. The van der Waals surface area contributed by atoms with Gasteiger partial charge in [-0.15, -0.1) is 11.3 Å². The van der Waals surface area contributed by atoms with Crippen molar-refractivity contribution in [1.29, 1.82) is 0 Å². The first-order valence-corrected chi connectivity index (χ1v) is 7.38. The van der Waals surface area contributed by atoms with Crippen LogP contribution in [0.1, 0.15) is 40.0 Å². The topological polar surface area (TPSA) is 59.4 Å². The Morgan fingerprint density at radius 3 is 2.95 bits per heavy atom. The minimum absolute atomic E-state index is 0.189. The molecule has 2 rings (SSSR count). The number of aromatic carboxylic acids is 1. The normalized spacial score (nSPS) is 10.5. The van der Waals surface area contributed by atoms with E-state index in [-0.39, 0.29) is 5.56 Å². The Balaban J connectivity index is 2.08. The largest absolute Gasteiger partial charge is 0.486 e. The molecule has 0 amide bonds. The fraction of sp³-hybridized carbons (Fsp3) is 0.333. The van der Waals surface area contributed by atoms with E-state index in [1.165, 1.54) is 0 Å². The van der Waals surface area contributed by atoms with Crippen molar-refractivity contribution >= 4 is 17.3 Å². The van der Waals surface area contributed by atoms with Gasteiger partial charge in [-0.1, -0.05) is 18.6 Å². The lowest BCUT2D eigenvalue weighted by atomic mass is 10.1. The van der Waals surface area contributed by atoms with Crippen molar-refractivity contribution in [3.63, 3.8) is 0 Å². The van der Waals surface area contributed by atoms with Gasteiger partial charge in [0.25, 0.3) is 0 Å². The Morgan fingerprint density at radius 1 is 1.45 bits per heavy atom. The summed E-state index contributed by atoms with van der Waals surface area (Å²) in [5.74, 6) is -0.596. The molecular formula is C15H17NO3S. The van der Waals surface area contributed by atoms with Crippen LogP contribution in [0.3, 0.4) is 0 Å². The molecule has 1 heterocycles. The predicted molar refractivity (Wildman–Crippen MR) is 78.6 cm³/mol. The third-order valence-electron chi connectivity index (χ3n) is 2.80. The quantitative estimate of drug-likeness (QED) is 0.882. The van der Waals surface area contributed by atoms with Crippen molar-refractivity contribution in [2.75, 3.05) is 0 Å². The summed E-state index contributed by atoms with van der Waals surface area (Å²) in [7, 11) is 0. The van der Waals surface area contributed by atoms with Crippen LogP contribution in [0.15, 0.2) is 23.6 Å². The van der Waals surface area contributed by atoms with Gasteiger partial charge in [-0.25, -0.2) is 9.78 Å². The summed E-state index contributed by atoms with van der Waals surface area (Å²) in [4.78, 5) is 15.6. The maximum absolute atomic E-state index is 11.2. The number of thiazole rings is 1. The molecule has 0 saturated carbocycles. The number of hydrogen-bond donors (Lipinski definition) is 1. The van der Waals surface area contributed by atoms with E-state index in [4.69, 9.17) is 9.84 Å². The lowest BCUT2D eigenvalue weighted by Crippen LogP contribution is -2.04. The minimum atomic E-state index is -0.978. The monoisotopic (exact) mass is 291 g/mol. The second-order valence-electron chi connectivity index (χ2n) is 4.58. The maximum Gasteiger partial charge on any atom is 0.339 e. The molecule has 4 nitrogen and oxygen atoms in total. The molecule has 106 valence electrons. The molecule has 0 bridgehead atoms. The van der Waals surface area contributed by atoms with E-state index in [0.717, 1.165) is 29.1 Å². The molecule has 0 aliphatic rings. The molecule has 2 aromatic rings. The molecule has 1 aromatic carbocycles. The number of carboxylic acid groups (broad SMARTS) is 1. The molecule has 1 N–H and O–H groups in total. The van der Waals surface area contributed by atoms with Crippen LogP contribution < -0.4 is 4.74 Å². The zero-order chi connectivity index (χ0) is 14.5. The number of hydrogen-bond acceptors (Lipinski definition) is 4. The number of ether oxygens (including phenoxy) is 1. The van der Waals surface area contributed by atoms with Crippen LogP contribution in [0.5, 0.6) is 5.75 Å². The van der Waals surface area contributed by atoms with Crippen molar-refractivity contribution in [1.82, 2.24) is 4.98 Å². The first kappa shape index (κ1) is 14.5. The van der Waals surface area contributed by atoms with E-state index < -0.39 is 5.97 Å². The average Bonchev–Trinajstić information content (AvgIpc) is 2.85. The number of nitrogens with zero attached hydrogens (tertiary/aromatic N) is 1. The highest BCUT2D eigenvalue weighted by atomic mass is 32.1. The predicted octanol–water partition coefficient (Wildman–Crippen LogP) is 3.68. The number of carbonyl (C=O) groups is 1. The van der Waals surface area contributed by atoms with Gasteiger partial charge in [0.1, 0.15) is 17.9 Å². The Hall–Kier alpha value is -1.88. The molecule has 0 aliphatic heterocycles. The van der Waals surface area contributed by atoms with E-state index in [0.29, 0.717) is 12.4 Å². The van der Waals surface area contributed by atoms with Crippen LogP contribution in [-0.2, 0) is 13.0 Å². The Bertz CT molecular complexity index is 607. The van der Waals surface area contributed by atoms with Crippen LogP contribution in [0.25, 0.3) is 0 Å². The van der Waals surface area contributed by atoms with Crippen LogP contribution in [0, 0.1) is 6.92 Å². The Labute approximate surface area is 122 Å². The van der Waals surface area contributed by atoms with Gasteiger partial charge in [-0.05, 0) is 31.9 Å². The van der Waals surface area contributed by atoms with Crippen LogP contribution in [-0.4, -0.2) is 16.1 Å². The van der Waals surface area contributed by atoms with E-state index in [1.807, 2.05) is 18.4 Å². The summed E-state index contributed by atoms with van der Waals surface area (Å²) in [5.41, 5.74) is 1.93. The number of rotatable bonds is 6. The van der Waals surface area contributed by atoms with E-state index >= 15 is 0 Å². The van der Waals surface area contributed by atoms with Gasteiger partial charge < -0.3 is 9.84 Å². The first-order valence-electron chi connectivity index (χ1n) is 6.50. The van der Waals surface area contributed by atoms with Crippen molar-refractivity contribution in [2.24, 2.45) is 0 Å². The molecule has 0 fully saturated rings. The highest BCUT2D eigenvalue weighted by Crippen LogP contribution is 2.22. The minimum Gasteiger partial charge on any atom is -0.486 e. The summed E-state index contributed by atoms with van der Waals surface area (Å²) in [6.07, 6.45) is 2.03. The molecule has 0 unspecified atom stereocenters. The highest BCUT2D eigenvalue weighted by molar-refractivity contribution is 7.09. The molecule has 5 heteroatoms. The van der Waals surface area contributed by atoms with Crippen molar-refractivity contribution in [2.45, 2.75) is 33.3 Å². The number of benzene rings is 1. The summed E-state index contributed by atoms with van der Waals surface area (Å²) >= 11 is 1.61. The maximum atomic E-state index is 11.2. The zero-order valence-electron chi connectivity index (χ0n) is 11.5. The van der Waals surface area contributed by atoms with E-state index in [1.54, 1.807) is 23.5 Å². The SMILES string of the molecule is CCCc1nc(COc2ccc(C)cc2C(=O)O)cs1. The van der Waals surface area contributed by atoms with E-state index in [2.05, 4.69) is 11.9 Å². The molecular weight excluding hydrogens is 274 g/mol. The van der Waals surface area contributed by atoms with Gasteiger partial charge >= 0.3 is 5.97 Å². The Morgan fingerprint density at radius 2 is 2.25 bits per heavy atom. The molecule has 0 radical (unpaired) electrons. The number of aryl methyl sites for hydroxylation is 2. The summed E-state index contributed by atoms with van der Waals surface area (Å²) in [5, 5.41) is 12.2. The van der Waals surface area contributed by atoms with E-state index in [9.17, 15) is 4.79 Å². The fourth-order valence-electron chi connectivity index (χ4n) is 1.83.